The van der Waals surface area contributed by atoms with Crippen LogP contribution in [0.25, 0.3) is 0 Å². The minimum atomic E-state index is -0.800. The number of ether oxygens (including phenoxy) is 1. The lowest BCUT2D eigenvalue weighted by molar-refractivity contribution is 0.139. The van der Waals surface area contributed by atoms with E-state index in [0.29, 0.717) is 6.61 Å². The largest absolute Gasteiger partial charge is 0.395 e. The molecule has 0 aliphatic carbocycles. The van der Waals surface area contributed by atoms with Crippen LogP contribution in [-0.2, 0) is 4.74 Å². The van der Waals surface area contributed by atoms with Crippen LogP contribution >= 0.6 is 0 Å². The second-order valence-corrected chi connectivity index (χ2v) is 5.67. The molecule has 2 unspecified atom stereocenters. The van der Waals surface area contributed by atoms with Gasteiger partial charge in [0.05, 0.1) is 25.4 Å². The van der Waals surface area contributed by atoms with E-state index in [1.165, 1.54) is 51.4 Å². The lowest BCUT2D eigenvalue weighted by Gasteiger charge is -2.11. The van der Waals surface area contributed by atoms with Crippen molar-refractivity contribution in [1.82, 2.24) is 0 Å². The summed E-state index contributed by atoms with van der Waals surface area (Å²) in [6.45, 7) is 3.29. The Morgan fingerprint density at radius 2 is 1.57 bits per heavy atom. The molecule has 0 aromatic heterocycles. The summed E-state index contributed by atoms with van der Waals surface area (Å²) in [6, 6.07) is -0.612. The number of hydrogen-bond donors (Lipinski definition) is 3. The highest BCUT2D eigenvalue weighted by atomic mass is 16.5. The third-order valence-corrected chi connectivity index (χ3v) is 3.59. The van der Waals surface area contributed by atoms with Gasteiger partial charge in [0.25, 0.3) is 0 Å². The molecule has 2 atom stereocenters. The first-order valence-corrected chi connectivity index (χ1v) is 8.51. The van der Waals surface area contributed by atoms with Crippen molar-refractivity contribution in [2.24, 2.45) is 5.73 Å². The molecule has 0 heterocycles. The number of hydrogen-bond acceptors (Lipinski definition) is 4. The molecule has 0 bridgehead atoms. The Morgan fingerprint density at radius 1 is 1.00 bits per heavy atom. The average Bonchev–Trinajstić information content (AvgIpc) is 2.50. The van der Waals surface area contributed by atoms with Crippen LogP contribution in [0.5, 0.6) is 0 Å². The van der Waals surface area contributed by atoms with Crippen LogP contribution in [0.2, 0.25) is 0 Å². The molecule has 0 aliphatic rings. The Balaban J connectivity index is 3.20. The maximum Gasteiger partial charge on any atom is 0.0895 e. The molecule has 4 nitrogen and oxygen atoms in total. The van der Waals surface area contributed by atoms with Gasteiger partial charge >= 0.3 is 0 Å². The standard InChI is InChI=1S/C17H35NO3/c1-2-3-4-5-6-7-8-9-10-13-21-14-11-12-17(20)16(18)15-19/h11-12,16-17,19-20H,2-10,13-15,18H2,1H3. The highest BCUT2D eigenvalue weighted by Crippen LogP contribution is 2.09. The maximum atomic E-state index is 9.47. The Bertz CT molecular complexity index is 234. The molecule has 0 amide bonds. The molecular weight excluding hydrogens is 266 g/mol. The summed E-state index contributed by atoms with van der Waals surface area (Å²) >= 11 is 0. The van der Waals surface area contributed by atoms with E-state index in [1.54, 1.807) is 12.2 Å². The zero-order chi connectivity index (χ0) is 15.8. The molecule has 4 heteroatoms. The van der Waals surface area contributed by atoms with Gasteiger partial charge in [-0.15, -0.1) is 0 Å². The van der Waals surface area contributed by atoms with E-state index in [-0.39, 0.29) is 6.61 Å². The van der Waals surface area contributed by atoms with E-state index in [2.05, 4.69) is 6.92 Å². The Labute approximate surface area is 130 Å². The van der Waals surface area contributed by atoms with Crippen LogP contribution in [0.1, 0.15) is 64.7 Å². The van der Waals surface area contributed by atoms with Gasteiger partial charge in [-0.3, -0.25) is 0 Å². The number of aliphatic hydroxyl groups excluding tert-OH is 2. The predicted octanol–water partition coefficient (Wildman–Crippen LogP) is 2.77. The van der Waals surface area contributed by atoms with E-state index < -0.39 is 12.1 Å². The SMILES string of the molecule is CCCCCCCCCCCOCC=CC(O)C(N)CO. The van der Waals surface area contributed by atoms with Crippen LogP contribution in [0.3, 0.4) is 0 Å². The molecule has 0 aliphatic heterocycles. The van der Waals surface area contributed by atoms with E-state index in [4.69, 9.17) is 15.6 Å². The maximum absolute atomic E-state index is 9.47. The summed E-state index contributed by atoms with van der Waals surface area (Å²) in [4.78, 5) is 0. The fourth-order valence-corrected chi connectivity index (χ4v) is 2.11. The van der Waals surface area contributed by atoms with Crippen molar-refractivity contribution in [2.75, 3.05) is 19.8 Å². The third kappa shape index (κ3) is 14.3. The fourth-order valence-electron chi connectivity index (χ4n) is 2.11. The van der Waals surface area contributed by atoms with Crippen molar-refractivity contribution >= 4 is 0 Å². The van der Waals surface area contributed by atoms with Gasteiger partial charge < -0.3 is 20.7 Å². The molecule has 0 aromatic carbocycles. The molecule has 0 fully saturated rings. The predicted molar refractivity (Wildman–Crippen MR) is 88.3 cm³/mol. The summed E-state index contributed by atoms with van der Waals surface area (Å²) in [6.07, 6.45) is 14.3. The van der Waals surface area contributed by atoms with Gasteiger partial charge in [0.1, 0.15) is 0 Å². The molecule has 0 radical (unpaired) electrons. The molecule has 0 saturated carbocycles. The van der Waals surface area contributed by atoms with Crippen LogP contribution in [-0.4, -0.2) is 42.2 Å². The topological polar surface area (TPSA) is 75.7 Å². The zero-order valence-corrected chi connectivity index (χ0v) is 13.7. The van der Waals surface area contributed by atoms with E-state index in [1.807, 2.05) is 0 Å². The molecule has 21 heavy (non-hydrogen) atoms. The van der Waals surface area contributed by atoms with Gasteiger partial charge in [0, 0.05) is 6.61 Å². The number of rotatable bonds is 15. The first kappa shape index (κ1) is 20.6. The van der Waals surface area contributed by atoms with E-state index in [0.717, 1.165) is 13.0 Å². The molecule has 0 aromatic rings. The molecule has 0 saturated heterocycles. The van der Waals surface area contributed by atoms with Crippen molar-refractivity contribution in [3.8, 4) is 0 Å². The average molecular weight is 301 g/mol. The van der Waals surface area contributed by atoms with Gasteiger partial charge in [0.2, 0.25) is 0 Å². The highest BCUT2D eigenvalue weighted by Gasteiger charge is 2.08. The summed E-state index contributed by atoms with van der Waals surface area (Å²) in [5.74, 6) is 0. The van der Waals surface area contributed by atoms with Crippen LogP contribution in [0, 0.1) is 0 Å². The normalized spacial score (nSPS) is 14.7. The van der Waals surface area contributed by atoms with Gasteiger partial charge in [-0.1, -0.05) is 70.4 Å². The second kappa shape index (κ2) is 16.0. The van der Waals surface area contributed by atoms with Gasteiger partial charge in [-0.25, -0.2) is 0 Å². The molecule has 4 N–H and O–H groups in total. The summed E-state index contributed by atoms with van der Waals surface area (Å²) in [7, 11) is 0. The Kier molecular flexibility index (Phi) is 15.6. The van der Waals surface area contributed by atoms with Crippen molar-refractivity contribution in [3.05, 3.63) is 12.2 Å². The highest BCUT2D eigenvalue weighted by molar-refractivity contribution is 4.93. The first-order chi connectivity index (χ1) is 10.2. The van der Waals surface area contributed by atoms with Crippen molar-refractivity contribution < 1.29 is 14.9 Å². The van der Waals surface area contributed by atoms with E-state index in [9.17, 15) is 5.11 Å². The molecule has 0 rings (SSSR count). The van der Waals surface area contributed by atoms with E-state index >= 15 is 0 Å². The zero-order valence-electron chi connectivity index (χ0n) is 13.7. The first-order valence-electron chi connectivity index (χ1n) is 8.51. The number of nitrogens with two attached hydrogens (primary N) is 1. The van der Waals surface area contributed by atoms with Crippen molar-refractivity contribution in [2.45, 2.75) is 76.9 Å². The summed E-state index contributed by atoms with van der Waals surface area (Å²) < 4.78 is 5.46. The van der Waals surface area contributed by atoms with Crippen molar-refractivity contribution in [3.63, 3.8) is 0 Å². The minimum Gasteiger partial charge on any atom is -0.395 e. The van der Waals surface area contributed by atoms with Gasteiger partial charge in [0.15, 0.2) is 0 Å². The fraction of sp³-hybridized carbons (Fsp3) is 0.882. The second-order valence-electron chi connectivity index (χ2n) is 5.67. The van der Waals surface area contributed by atoms with Gasteiger partial charge in [-0.2, -0.15) is 0 Å². The van der Waals surface area contributed by atoms with Crippen molar-refractivity contribution in [1.29, 1.82) is 0 Å². The van der Waals surface area contributed by atoms with Crippen LogP contribution in [0.4, 0.5) is 0 Å². The lowest BCUT2D eigenvalue weighted by atomic mass is 10.1. The number of aliphatic hydroxyl groups is 2. The smallest absolute Gasteiger partial charge is 0.0895 e. The minimum absolute atomic E-state index is 0.217. The number of unbranched alkanes of at least 4 members (excludes halogenated alkanes) is 8. The Hall–Kier alpha value is -0.420. The quantitative estimate of drug-likeness (QED) is 0.321. The third-order valence-electron chi connectivity index (χ3n) is 3.59. The lowest BCUT2D eigenvalue weighted by Crippen LogP contribution is -2.36. The van der Waals surface area contributed by atoms with Gasteiger partial charge in [-0.05, 0) is 6.42 Å². The Morgan fingerprint density at radius 3 is 2.14 bits per heavy atom. The van der Waals surface area contributed by atoms with Crippen LogP contribution < -0.4 is 5.73 Å². The molecule has 0 spiro atoms. The summed E-state index contributed by atoms with van der Waals surface area (Å²) in [5.41, 5.74) is 5.47. The monoisotopic (exact) mass is 301 g/mol. The molecular formula is C17H35NO3. The van der Waals surface area contributed by atoms with Crippen LogP contribution in [0.15, 0.2) is 12.2 Å². The molecule has 126 valence electrons. The summed E-state index contributed by atoms with van der Waals surface area (Å²) in [5, 5.41) is 18.2.